The molecule has 0 spiro atoms. The van der Waals surface area contributed by atoms with Gasteiger partial charge in [0, 0.05) is 22.8 Å². The molecule has 1 aromatic carbocycles. The zero-order chi connectivity index (χ0) is 15.0. The molecule has 0 aliphatic rings. The van der Waals surface area contributed by atoms with E-state index >= 15 is 0 Å². The predicted molar refractivity (Wildman–Crippen MR) is 88.4 cm³/mol. The second kappa shape index (κ2) is 5.52. The third-order valence-corrected chi connectivity index (χ3v) is 4.63. The Morgan fingerprint density at radius 1 is 1.29 bits per heavy atom. The SMILES string of the molecule is Nc1c(C(=O)Nc2cc(Cl)ccc2Cl)sc2cnccc12. The zero-order valence-corrected chi connectivity index (χ0v) is 12.9. The van der Waals surface area contributed by atoms with Crippen LogP contribution in [0.1, 0.15) is 9.67 Å². The van der Waals surface area contributed by atoms with Crippen molar-refractivity contribution in [2.75, 3.05) is 11.1 Å². The molecule has 0 saturated carbocycles. The Morgan fingerprint density at radius 2 is 2.10 bits per heavy atom. The summed E-state index contributed by atoms with van der Waals surface area (Å²) >= 11 is 13.2. The number of hydrogen-bond acceptors (Lipinski definition) is 4. The number of nitrogens with zero attached hydrogens (tertiary/aromatic N) is 1. The normalized spacial score (nSPS) is 10.8. The first-order valence-corrected chi connectivity index (χ1v) is 7.52. The third kappa shape index (κ3) is 2.68. The molecule has 3 rings (SSSR count). The Labute approximate surface area is 134 Å². The first-order valence-electron chi connectivity index (χ1n) is 5.94. The second-order valence-electron chi connectivity index (χ2n) is 4.29. The number of nitrogens with one attached hydrogen (secondary N) is 1. The van der Waals surface area contributed by atoms with Gasteiger partial charge in [-0.05, 0) is 24.3 Å². The van der Waals surface area contributed by atoms with Gasteiger partial charge >= 0.3 is 0 Å². The number of pyridine rings is 1. The molecule has 0 saturated heterocycles. The minimum Gasteiger partial charge on any atom is -0.397 e. The monoisotopic (exact) mass is 337 g/mol. The minimum absolute atomic E-state index is 0.321. The summed E-state index contributed by atoms with van der Waals surface area (Å²) in [6.07, 6.45) is 3.32. The summed E-state index contributed by atoms with van der Waals surface area (Å²) in [4.78, 5) is 16.8. The van der Waals surface area contributed by atoms with Crippen molar-refractivity contribution in [3.63, 3.8) is 0 Å². The number of carbonyl (C=O) groups excluding carboxylic acids is 1. The van der Waals surface area contributed by atoms with Crippen molar-refractivity contribution in [2.24, 2.45) is 0 Å². The summed E-state index contributed by atoms with van der Waals surface area (Å²) in [5.74, 6) is -0.321. The van der Waals surface area contributed by atoms with E-state index < -0.39 is 0 Å². The molecule has 7 heteroatoms. The lowest BCUT2D eigenvalue weighted by atomic mass is 10.2. The van der Waals surface area contributed by atoms with Crippen molar-refractivity contribution >= 4 is 61.9 Å². The maximum absolute atomic E-state index is 12.4. The molecule has 106 valence electrons. The number of aromatic nitrogens is 1. The van der Waals surface area contributed by atoms with Gasteiger partial charge in [-0.25, -0.2) is 0 Å². The van der Waals surface area contributed by atoms with E-state index in [4.69, 9.17) is 28.9 Å². The number of halogens is 2. The highest BCUT2D eigenvalue weighted by Crippen LogP contribution is 2.34. The number of fused-ring (bicyclic) bond motifs is 1. The minimum atomic E-state index is -0.321. The predicted octanol–water partition coefficient (Wildman–Crippen LogP) is 4.44. The number of nitrogens with two attached hydrogens (primary N) is 1. The van der Waals surface area contributed by atoms with Gasteiger partial charge in [0.15, 0.2) is 0 Å². The van der Waals surface area contributed by atoms with Gasteiger partial charge in [0.25, 0.3) is 5.91 Å². The number of hydrogen-bond donors (Lipinski definition) is 2. The van der Waals surface area contributed by atoms with Gasteiger partial charge < -0.3 is 11.1 Å². The molecule has 21 heavy (non-hydrogen) atoms. The van der Waals surface area contributed by atoms with Crippen LogP contribution in [0.2, 0.25) is 10.0 Å². The van der Waals surface area contributed by atoms with Crippen molar-refractivity contribution in [3.8, 4) is 0 Å². The molecule has 0 unspecified atom stereocenters. The zero-order valence-electron chi connectivity index (χ0n) is 10.6. The van der Waals surface area contributed by atoms with Crippen molar-refractivity contribution in [2.45, 2.75) is 0 Å². The molecule has 2 aromatic heterocycles. The number of thiophene rings is 1. The fraction of sp³-hybridized carbons (Fsp3) is 0. The lowest BCUT2D eigenvalue weighted by Crippen LogP contribution is -2.12. The van der Waals surface area contributed by atoms with Crippen LogP contribution in [-0.2, 0) is 0 Å². The third-order valence-electron chi connectivity index (χ3n) is 2.91. The largest absolute Gasteiger partial charge is 0.397 e. The second-order valence-corrected chi connectivity index (χ2v) is 6.19. The average Bonchev–Trinajstić information content (AvgIpc) is 2.81. The number of carbonyl (C=O) groups is 1. The number of amides is 1. The van der Waals surface area contributed by atoms with E-state index in [1.807, 2.05) is 0 Å². The summed E-state index contributed by atoms with van der Waals surface area (Å²) in [5, 5.41) is 4.44. The van der Waals surface area contributed by atoms with Crippen LogP contribution in [-0.4, -0.2) is 10.9 Å². The Hall–Kier alpha value is -1.82. The summed E-state index contributed by atoms with van der Waals surface area (Å²) < 4.78 is 0.859. The fourth-order valence-corrected chi connectivity index (χ4v) is 3.23. The molecule has 0 atom stereocenters. The van der Waals surface area contributed by atoms with Crippen molar-refractivity contribution < 1.29 is 4.79 Å². The van der Waals surface area contributed by atoms with E-state index in [-0.39, 0.29) is 5.91 Å². The molecule has 0 aliphatic carbocycles. The van der Waals surface area contributed by atoms with Gasteiger partial charge in [-0.3, -0.25) is 9.78 Å². The Kier molecular flexibility index (Phi) is 3.71. The summed E-state index contributed by atoms with van der Waals surface area (Å²) in [5.41, 5.74) is 6.91. The van der Waals surface area contributed by atoms with Crippen LogP contribution in [0.25, 0.3) is 10.1 Å². The number of nitrogen functional groups attached to an aromatic ring is 1. The summed E-state index contributed by atoms with van der Waals surface area (Å²) in [6, 6.07) is 6.65. The average molecular weight is 338 g/mol. The van der Waals surface area contributed by atoms with Crippen LogP contribution in [0.3, 0.4) is 0 Å². The molecule has 1 amide bonds. The quantitative estimate of drug-likeness (QED) is 0.726. The van der Waals surface area contributed by atoms with Gasteiger partial charge in [-0.15, -0.1) is 11.3 Å². The van der Waals surface area contributed by atoms with Gasteiger partial charge in [0.1, 0.15) is 4.88 Å². The van der Waals surface area contributed by atoms with E-state index in [1.54, 1.807) is 36.7 Å². The number of benzene rings is 1. The van der Waals surface area contributed by atoms with Gasteiger partial charge in [-0.1, -0.05) is 23.2 Å². The highest BCUT2D eigenvalue weighted by atomic mass is 35.5. The van der Waals surface area contributed by atoms with Gasteiger partial charge in [0.2, 0.25) is 0 Å². The number of rotatable bonds is 2. The van der Waals surface area contributed by atoms with E-state index in [0.29, 0.717) is 26.3 Å². The molecule has 3 aromatic rings. The molecular formula is C14H9Cl2N3OS. The Morgan fingerprint density at radius 3 is 2.86 bits per heavy atom. The molecule has 0 aliphatic heterocycles. The molecule has 0 fully saturated rings. The molecule has 0 bridgehead atoms. The Bertz CT molecular complexity index is 847. The maximum Gasteiger partial charge on any atom is 0.267 e. The van der Waals surface area contributed by atoms with Crippen LogP contribution in [0.4, 0.5) is 11.4 Å². The van der Waals surface area contributed by atoms with Crippen molar-refractivity contribution in [3.05, 3.63) is 51.6 Å². The maximum atomic E-state index is 12.4. The van der Waals surface area contributed by atoms with Crippen LogP contribution >= 0.6 is 34.5 Å². The van der Waals surface area contributed by atoms with Crippen LogP contribution in [0.5, 0.6) is 0 Å². The molecule has 2 heterocycles. The first-order chi connectivity index (χ1) is 10.1. The summed E-state index contributed by atoms with van der Waals surface area (Å²) in [7, 11) is 0. The fourth-order valence-electron chi connectivity index (χ4n) is 1.91. The molecular weight excluding hydrogens is 329 g/mol. The van der Waals surface area contributed by atoms with E-state index in [1.165, 1.54) is 11.3 Å². The lowest BCUT2D eigenvalue weighted by molar-refractivity contribution is 0.103. The molecule has 4 nitrogen and oxygen atoms in total. The van der Waals surface area contributed by atoms with Crippen LogP contribution < -0.4 is 11.1 Å². The van der Waals surface area contributed by atoms with Crippen molar-refractivity contribution in [1.29, 1.82) is 0 Å². The number of anilines is 2. The van der Waals surface area contributed by atoms with Crippen molar-refractivity contribution in [1.82, 2.24) is 4.98 Å². The van der Waals surface area contributed by atoms with E-state index in [9.17, 15) is 4.79 Å². The highest BCUT2D eigenvalue weighted by molar-refractivity contribution is 7.21. The highest BCUT2D eigenvalue weighted by Gasteiger charge is 2.17. The van der Waals surface area contributed by atoms with E-state index in [0.717, 1.165) is 10.1 Å². The van der Waals surface area contributed by atoms with Crippen LogP contribution in [0.15, 0.2) is 36.7 Å². The van der Waals surface area contributed by atoms with Crippen LogP contribution in [0, 0.1) is 0 Å². The van der Waals surface area contributed by atoms with E-state index in [2.05, 4.69) is 10.3 Å². The van der Waals surface area contributed by atoms with Gasteiger partial charge in [0.05, 0.1) is 21.1 Å². The van der Waals surface area contributed by atoms with Gasteiger partial charge in [-0.2, -0.15) is 0 Å². The topological polar surface area (TPSA) is 68.0 Å². The first kappa shape index (κ1) is 14.1. The smallest absolute Gasteiger partial charge is 0.267 e. The standard InChI is InChI=1S/C14H9Cl2N3OS/c15-7-1-2-9(16)10(5-7)19-14(20)13-12(17)8-3-4-18-6-11(8)21-13/h1-6H,17H2,(H,19,20). The Balaban J connectivity index is 1.97. The lowest BCUT2D eigenvalue weighted by Gasteiger charge is -2.07. The molecule has 3 N–H and O–H groups in total. The molecule has 0 radical (unpaired) electrons. The summed E-state index contributed by atoms with van der Waals surface area (Å²) in [6.45, 7) is 0.